The Kier molecular flexibility index (Phi) is 3.00. The van der Waals surface area contributed by atoms with Gasteiger partial charge in [-0.15, -0.1) is 0 Å². The van der Waals surface area contributed by atoms with Gasteiger partial charge in [0.25, 0.3) is 0 Å². The zero-order valence-electron chi connectivity index (χ0n) is 9.10. The molecule has 0 bridgehead atoms. The van der Waals surface area contributed by atoms with Crippen molar-refractivity contribution in [3.63, 3.8) is 0 Å². The molecule has 0 atom stereocenters. The number of hydrogen-bond acceptors (Lipinski definition) is 6. The molecule has 6 nitrogen and oxygen atoms in total. The Morgan fingerprint density at radius 2 is 2.25 bits per heavy atom. The van der Waals surface area contributed by atoms with E-state index < -0.39 is 0 Å². The number of nitrogens with one attached hydrogen (secondary N) is 1. The van der Waals surface area contributed by atoms with E-state index in [1.807, 2.05) is 6.92 Å². The predicted molar refractivity (Wildman–Crippen MR) is 58.2 cm³/mol. The second-order valence-corrected chi connectivity index (χ2v) is 2.93. The molecule has 1 N–H and O–H groups in total. The molecular weight excluding hydrogens is 208 g/mol. The molecule has 0 radical (unpaired) electrons. The van der Waals surface area contributed by atoms with Crippen molar-refractivity contribution in [3.8, 4) is 17.6 Å². The smallest absolute Gasteiger partial charge is 0.321 e. The zero-order chi connectivity index (χ0) is 11.4. The van der Waals surface area contributed by atoms with Crippen LogP contribution in [0.15, 0.2) is 22.8 Å². The standard InChI is InChI=1S/C10H12N4O2/c1-3-15-10-13-8(7-5-4-6-16-7)12-9(11-2)14-10/h4-6H,3H2,1-2H3,(H,11,12,13,14). The topological polar surface area (TPSA) is 73.1 Å². The number of furan rings is 1. The molecule has 0 saturated heterocycles. The summed E-state index contributed by atoms with van der Waals surface area (Å²) in [5.41, 5.74) is 0. The molecule has 2 aromatic heterocycles. The lowest BCUT2D eigenvalue weighted by Gasteiger charge is -2.04. The highest BCUT2D eigenvalue weighted by atomic mass is 16.5. The van der Waals surface area contributed by atoms with Gasteiger partial charge in [-0.1, -0.05) is 0 Å². The first-order valence-corrected chi connectivity index (χ1v) is 4.94. The van der Waals surface area contributed by atoms with E-state index in [2.05, 4.69) is 20.3 Å². The van der Waals surface area contributed by atoms with Crippen molar-refractivity contribution in [1.82, 2.24) is 15.0 Å². The zero-order valence-corrected chi connectivity index (χ0v) is 9.10. The Hall–Kier alpha value is -2.11. The molecule has 0 saturated carbocycles. The summed E-state index contributed by atoms with van der Waals surface area (Å²) < 4.78 is 10.5. The lowest BCUT2D eigenvalue weighted by Crippen LogP contribution is -2.04. The average molecular weight is 220 g/mol. The molecule has 2 aromatic rings. The summed E-state index contributed by atoms with van der Waals surface area (Å²) in [4.78, 5) is 12.4. The van der Waals surface area contributed by atoms with Crippen molar-refractivity contribution in [2.45, 2.75) is 6.92 Å². The van der Waals surface area contributed by atoms with Crippen molar-refractivity contribution in [2.75, 3.05) is 19.0 Å². The normalized spacial score (nSPS) is 10.1. The van der Waals surface area contributed by atoms with Crippen molar-refractivity contribution >= 4 is 5.95 Å². The summed E-state index contributed by atoms with van der Waals surface area (Å²) in [5.74, 6) is 1.48. The first kappa shape index (κ1) is 10.4. The molecule has 16 heavy (non-hydrogen) atoms. The van der Waals surface area contributed by atoms with Gasteiger partial charge >= 0.3 is 6.01 Å². The van der Waals surface area contributed by atoms with Gasteiger partial charge in [-0.05, 0) is 19.1 Å². The summed E-state index contributed by atoms with van der Waals surface area (Å²) in [6.07, 6.45) is 1.57. The van der Waals surface area contributed by atoms with Gasteiger partial charge < -0.3 is 14.5 Å². The van der Waals surface area contributed by atoms with E-state index in [9.17, 15) is 0 Å². The van der Waals surface area contributed by atoms with E-state index in [1.54, 1.807) is 25.4 Å². The predicted octanol–water partition coefficient (Wildman–Crippen LogP) is 1.57. The highest BCUT2D eigenvalue weighted by molar-refractivity contribution is 5.48. The van der Waals surface area contributed by atoms with E-state index in [4.69, 9.17) is 9.15 Å². The Bertz CT molecular complexity index is 456. The molecule has 6 heteroatoms. The molecule has 2 rings (SSSR count). The van der Waals surface area contributed by atoms with Gasteiger partial charge in [0.1, 0.15) is 0 Å². The maximum atomic E-state index is 5.24. The van der Waals surface area contributed by atoms with E-state index in [0.717, 1.165) is 0 Å². The summed E-state index contributed by atoms with van der Waals surface area (Å²) in [6.45, 7) is 2.38. The van der Waals surface area contributed by atoms with E-state index >= 15 is 0 Å². The number of nitrogens with zero attached hydrogens (tertiary/aromatic N) is 3. The molecule has 0 aliphatic carbocycles. The second kappa shape index (κ2) is 4.61. The SMILES string of the molecule is CCOc1nc(NC)nc(-c2ccco2)n1. The first-order valence-electron chi connectivity index (χ1n) is 4.94. The fraction of sp³-hybridized carbons (Fsp3) is 0.300. The third-order valence-electron chi connectivity index (χ3n) is 1.85. The van der Waals surface area contributed by atoms with E-state index in [0.29, 0.717) is 24.1 Å². The maximum absolute atomic E-state index is 5.24. The number of hydrogen-bond donors (Lipinski definition) is 1. The minimum absolute atomic E-state index is 0.285. The number of anilines is 1. The molecular formula is C10H12N4O2. The minimum Gasteiger partial charge on any atom is -0.464 e. The molecule has 0 unspecified atom stereocenters. The van der Waals surface area contributed by atoms with E-state index in [-0.39, 0.29) is 6.01 Å². The lowest BCUT2D eigenvalue weighted by atomic mass is 10.4. The largest absolute Gasteiger partial charge is 0.464 e. The molecule has 0 spiro atoms. The molecule has 0 fully saturated rings. The molecule has 0 aliphatic heterocycles. The average Bonchev–Trinajstić information content (AvgIpc) is 2.82. The monoisotopic (exact) mass is 220 g/mol. The third-order valence-corrected chi connectivity index (χ3v) is 1.85. The lowest BCUT2D eigenvalue weighted by molar-refractivity contribution is 0.312. The number of aromatic nitrogens is 3. The van der Waals surface area contributed by atoms with Gasteiger partial charge in [0.05, 0.1) is 12.9 Å². The van der Waals surface area contributed by atoms with Crippen molar-refractivity contribution < 1.29 is 9.15 Å². The second-order valence-electron chi connectivity index (χ2n) is 2.93. The van der Waals surface area contributed by atoms with Crippen LogP contribution < -0.4 is 10.1 Å². The van der Waals surface area contributed by atoms with Gasteiger partial charge in [0, 0.05) is 7.05 Å². The molecule has 84 valence electrons. The van der Waals surface area contributed by atoms with Crippen LogP contribution in [0.5, 0.6) is 6.01 Å². The summed E-state index contributed by atoms with van der Waals surface area (Å²) in [7, 11) is 1.73. The van der Waals surface area contributed by atoms with Crippen LogP contribution in [0.3, 0.4) is 0 Å². The van der Waals surface area contributed by atoms with Crippen LogP contribution in [-0.2, 0) is 0 Å². The van der Waals surface area contributed by atoms with Gasteiger partial charge in [-0.2, -0.15) is 15.0 Å². The molecule has 0 aromatic carbocycles. The fourth-order valence-electron chi connectivity index (χ4n) is 1.18. The van der Waals surface area contributed by atoms with Crippen LogP contribution in [0, 0.1) is 0 Å². The van der Waals surface area contributed by atoms with Crippen LogP contribution in [0.2, 0.25) is 0 Å². The van der Waals surface area contributed by atoms with E-state index in [1.165, 1.54) is 0 Å². The maximum Gasteiger partial charge on any atom is 0.321 e. The number of ether oxygens (including phenoxy) is 1. The molecule has 2 heterocycles. The molecule has 0 aliphatic rings. The van der Waals surface area contributed by atoms with Gasteiger partial charge in [-0.25, -0.2) is 0 Å². The van der Waals surface area contributed by atoms with Gasteiger partial charge in [-0.3, -0.25) is 0 Å². The van der Waals surface area contributed by atoms with Crippen LogP contribution in [-0.4, -0.2) is 28.6 Å². The summed E-state index contributed by atoms with van der Waals surface area (Å²) in [5, 5.41) is 2.84. The van der Waals surface area contributed by atoms with Crippen molar-refractivity contribution in [3.05, 3.63) is 18.4 Å². The number of rotatable bonds is 4. The van der Waals surface area contributed by atoms with Crippen LogP contribution in [0.4, 0.5) is 5.95 Å². The van der Waals surface area contributed by atoms with Gasteiger partial charge in [0.15, 0.2) is 5.76 Å². The van der Waals surface area contributed by atoms with Crippen LogP contribution in [0.1, 0.15) is 6.92 Å². The van der Waals surface area contributed by atoms with Crippen molar-refractivity contribution in [2.24, 2.45) is 0 Å². The quantitative estimate of drug-likeness (QED) is 0.843. The Labute approximate surface area is 92.7 Å². The Morgan fingerprint density at radius 1 is 1.38 bits per heavy atom. The van der Waals surface area contributed by atoms with Crippen LogP contribution >= 0.6 is 0 Å². The highest BCUT2D eigenvalue weighted by Crippen LogP contribution is 2.18. The first-order chi connectivity index (χ1) is 7.83. The fourth-order valence-corrected chi connectivity index (χ4v) is 1.18. The summed E-state index contributed by atoms with van der Waals surface area (Å²) >= 11 is 0. The molecule has 0 amide bonds. The minimum atomic E-state index is 0.285. The third kappa shape index (κ3) is 2.10. The Balaban J connectivity index is 2.41. The highest BCUT2D eigenvalue weighted by Gasteiger charge is 2.10. The van der Waals surface area contributed by atoms with Crippen molar-refractivity contribution in [1.29, 1.82) is 0 Å². The van der Waals surface area contributed by atoms with Gasteiger partial charge in [0.2, 0.25) is 11.8 Å². The Morgan fingerprint density at radius 3 is 2.88 bits per heavy atom. The summed E-state index contributed by atoms with van der Waals surface area (Å²) in [6, 6.07) is 3.84. The van der Waals surface area contributed by atoms with Crippen LogP contribution in [0.25, 0.3) is 11.6 Å².